The molecule has 1 rings (SSSR count). The topological polar surface area (TPSA) is 71.1 Å². The Morgan fingerprint density at radius 3 is 2.73 bits per heavy atom. The van der Waals surface area contributed by atoms with Crippen molar-refractivity contribution in [1.82, 2.24) is 0 Å². The number of cyclic esters (lactones) is 1. The lowest BCUT2D eigenvalue weighted by atomic mass is 10.4. The normalized spacial score (nSPS) is 24.7. The largest absolute Gasteiger partial charge is 0.457 e. The summed E-state index contributed by atoms with van der Waals surface area (Å²) >= 11 is 0. The number of hydrogen-bond donors (Lipinski definition) is 0. The number of ether oxygens (including phenoxy) is 2. The average Bonchev–Trinajstić information content (AvgIpc) is 2.18. The third-order valence-corrected chi connectivity index (χ3v) is 1.48. The second-order valence-electron chi connectivity index (χ2n) is 2.88. The van der Waals surface area contributed by atoms with Crippen LogP contribution in [0.3, 0.4) is 0 Å². The van der Waals surface area contributed by atoms with Crippen molar-refractivity contribution >= 4 is 11.9 Å². The van der Waals surface area contributed by atoms with Crippen molar-refractivity contribution in [2.24, 2.45) is 0 Å². The molecule has 15 heavy (non-hydrogen) atoms. The summed E-state index contributed by atoms with van der Waals surface area (Å²) in [6, 6.07) is 0. The molecule has 1 aliphatic heterocycles. The van der Waals surface area contributed by atoms with Gasteiger partial charge in [0.15, 0.2) is 0 Å². The van der Waals surface area contributed by atoms with Gasteiger partial charge in [-0.1, -0.05) is 0 Å². The Kier molecular flexibility index (Phi) is 4.79. The van der Waals surface area contributed by atoms with E-state index in [1.165, 1.54) is 0 Å². The number of esters is 1. The van der Waals surface area contributed by atoms with Crippen LogP contribution in [0, 0.1) is 0 Å². The molecule has 0 aliphatic carbocycles. The van der Waals surface area contributed by atoms with Crippen LogP contribution in [-0.4, -0.2) is 37.9 Å². The summed E-state index contributed by atoms with van der Waals surface area (Å²) in [5.41, 5.74) is 0. The summed E-state index contributed by atoms with van der Waals surface area (Å²) < 4.78 is 9.96. The Morgan fingerprint density at radius 1 is 1.20 bits per heavy atom. The van der Waals surface area contributed by atoms with Gasteiger partial charge < -0.3 is 9.47 Å². The van der Waals surface area contributed by atoms with Crippen molar-refractivity contribution in [3.8, 4) is 0 Å². The Morgan fingerprint density at radius 2 is 1.93 bits per heavy atom. The van der Waals surface area contributed by atoms with E-state index in [0.29, 0.717) is 0 Å². The predicted molar refractivity (Wildman–Crippen MR) is 47.6 cm³/mol. The lowest BCUT2D eigenvalue weighted by molar-refractivity contribution is -0.272. The molecule has 84 valence electrons. The van der Waals surface area contributed by atoms with Crippen molar-refractivity contribution in [2.45, 2.75) is 13.0 Å². The van der Waals surface area contributed by atoms with Crippen LogP contribution in [0.25, 0.3) is 0 Å². The van der Waals surface area contributed by atoms with Gasteiger partial charge in [0.05, 0.1) is 13.2 Å². The Labute approximate surface area is 86.7 Å². The summed E-state index contributed by atoms with van der Waals surface area (Å²) in [5.74, 6) is -1.39. The van der Waals surface area contributed by atoms with E-state index in [4.69, 9.17) is 9.47 Å². The molecule has 1 unspecified atom stereocenters. The van der Waals surface area contributed by atoms with Crippen LogP contribution in [0.4, 0.5) is 0 Å². The first-order valence-electron chi connectivity index (χ1n) is 4.48. The molecule has 1 aliphatic rings. The maximum absolute atomic E-state index is 11.0. The molecule has 0 aromatic heterocycles. The van der Waals surface area contributed by atoms with Crippen molar-refractivity contribution in [3.05, 3.63) is 12.2 Å². The minimum atomic E-state index is -0.764. The molecule has 0 fully saturated rings. The minimum Gasteiger partial charge on any atom is -0.457 e. The molecule has 6 nitrogen and oxygen atoms in total. The van der Waals surface area contributed by atoms with Crippen molar-refractivity contribution in [3.63, 3.8) is 0 Å². The van der Waals surface area contributed by atoms with E-state index in [1.54, 1.807) is 6.92 Å². The number of rotatable bonds is 0. The number of carbonyl (C=O) groups excluding carboxylic acids is 2. The van der Waals surface area contributed by atoms with Gasteiger partial charge in [-0.05, 0) is 6.92 Å². The van der Waals surface area contributed by atoms with Crippen LogP contribution < -0.4 is 0 Å². The molecule has 0 N–H and O–H groups in total. The standard InChI is InChI=1S/C9H12O6/c1-7-6-12-4-5-13-15-9(11)3-2-8(10)14-7/h2-3,7H,4-6H2,1H3. The molecule has 0 aromatic rings. The predicted octanol–water partition coefficient (Wildman–Crippen LogP) is -0.0207. The summed E-state index contributed by atoms with van der Waals surface area (Å²) in [5, 5.41) is 0. The molecule has 0 radical (unpaired) electrons. The van der Waals surface area contributed by atoms with Crippen LogP contribution in [0.5, 0.6) is 0 Å². The molecule has 0 amide bonds. The zero-order valence-corrected chi connectivity index (χ0v) is 8.30. The Hall–Kier alpha value is -1.40. The Bertz CT molecular complexity index is 259. The first kappa shape index (κ1) is 11.7. The van der Waals surface area contributed by atoms with Gasteiger partial charge in [-0.2, -0.15) is 4.89 Å². The highest BCUT2D eigenvalue weighted by Gasteiger charge is 2.09. The second kappa shape index (κ2) is 6.15. The van der Waals surface area contributed by atoms with E-state index in [0.717, 1.165) is 12.2 Å². The lowest BCUT2D eigenvalue weighted by Crippen LogP contribution is -2.21. The van der Waals surface area contributed by atoms with Gasteiger partial charge in [0, 0.05) is 12.2 Å². The monoisotopic (exact) mass is 216 g/mol. The fraction of sp³-hybridized carbons (Fsp3) is 0.556. The molecule has 0 aromatic carbocycles. The third-order valence-electron chi connectivity index (χ3n) is 1.48. The fourth-order valence-electron chi connectivity index (χ4n) is 0.877. The molecule has 0 spiro atoms. The molecule has 0 saturated carbocycles. The maximum atomic E-state index is 11.0. The van der Waals surface area contributed by atoms with Crippen LogP contribution in [0.1, 0.15) is 6.92 Å². The lowest BCUT2D eigenvalue weighted by Gasteiger charge is -2.12. The highest BCUT2D eigenvalue weighted by atomic mass is 17.2. The van der Waals surface area contributed by atoms with E-state index in [1.807, 2.05) is 0 Å². The zero-order chi connectivity index (χ0) is 11.1. The summed E-state index contributed by atoms with van der Waals surface area (Å²) in [6.07, 6.45) is 1.55. The van der Waals surface area contributed by atoms with Gasteiger partial charge in [-0.15, -0.1) is 0 Å². The molecule has 0 bridgehead atoms. The van der Waals surface area contributed by atoms with Crippen molar-refractivity contribution in [1.29, 1.82) is 0 Å². The minimum absolute atomic E-state index is 0.139. The summed E-state index contributed by atoms with van der Waals surface area (Å²) in [6.45, 7) is 2.37. The maximum Gasteiger partial charge on any atom is 0.366 e. The molecular formula is C9H12O6. The van der Waals surface area contributed by atoms with Crippen molar-refractivity contribution < 1.29 is 28.8 Å². The van der Waals surface area contributed by atoms with Crippen LogP contribution in [0.2, 0.25) is 0 Å². The summed E-state index contributed by atoms with van der Waals surface area (Å²) in [7, 11) is 0. The van der Waals surface area contributed by atoms with Gasteiger partial charge in [-0.25, -0.2) is 9.59 Å². The SMILES string of the molecule is CC1COCCOOC(=O)C=CC(=O)O1. The zero-order valence-electron chi connectivity index (χ0n) is 8.30. The average molecular weight is 216 g/mol. The molecular weight excluding hydrogens is 204 g/mol. The van der Waals surface area contributed by atoms with Crippen LogP contribution >= 0.6 is 0 Å². The van der Waals surface area contributed by atoms with E-state index in [-0.39, 0.29) is 25.9 Å². The molecule has 0 saturated heterocycles. The molecule has 1 heterocycles. The van der Waals surface area contributed by atoms with Gasteiger partial charge in [0.25, 0.3) is 0 Å². The molecule has 1 atom stereocenters. The number of carbonyl (C=O) groups is 2. The van der Waals surface area contributed by atoms with Crippen LogP contribution in [0.15, 0.2) is 12.2 Å². The van der Waals surface area contributed by atoms with Gasteiger partial charge in [0.1, 0.15) is 12.7 Å². The quantitative estimate of drug-likeness (QED) is 0.418. The second-order valence-corrected chi connectivity index (χ2v) is 2.88. The van der Waals surface area contributed by atoms with Gasteiger partial charge in [-0.3, -0.25) is 4.89 Å². The van der Waals surface area contributed by atoms with Crippen LogP contribution in [-0.2, 0) is 28.8 Å². The fourth-order valence-corrected chi connectivity index (χ4v) is 0.877. The van der Waals surface area contributed by atoms with E-state index >= 15 is 0 Å². The smallest absolute Gasteiger partial charge is 0.366 e. The first-order chi connectivity index (χ1) is 7.18. The van der Waals surface area contributed by atoms with Gasteiger partial charge in [0.2, 0.25) is 0 Å². The number of hydrogen-bond acceptors (Lipinski definition) is 6. The highest BCUT2D eigenvalue weighted by molar-refractivity contribution is 5.91. The Balaban J connectivity index is 2.52. The van der Waals surface area contributed by atoms with E-state index < -0.39 is 11.9 Å². The highest BCUT2D eigenvalue weighted by Crippen LogP contribution is 1.96. The van der Waals surface area contributed by atoms with E-state index in [9.17, 15) is 9.59 Å². The summed E-state index contributed by atoms with van der Waals surface area (Å²) in [4.78, 5) is 30.7. The van der Waals surface area contributed by atoms with Gasteiger partial charge >= 0.3 is 11.9 Å². The molecule has 6 heteroatoms. The van der Waals surface area contributed by atoms with Crippen molar-refractivity contribution in [2.75, 3.05) is 19.8 Å². The first-order valence-corrected chi connectivity index (χ1v) is 4.48. The van der Waals surface area contributed by atoms with E-state index in [2.05, 4.69) is 9.78 Å². The third kappa shape index (κ3) is 5.14.